The van der Waals surface area contributed by atoms with Crippen molar-refractivity contribution in [2.24, 2.45) is 0 Å². The topological polar surface area (TPSA) is 76.2 Å². The molecular formula is C12H5F5N2O2. The van der Waals surface area contributed by atoms with E-state index in [2.05, 4.69) is 4.98 Å². The number of nitrogens with two attached hydrogens (primary N) is 1. The van der Waals surface area contributed by atoms with Crippen LogP contribution < -0.4 is 5.73 Å². The summed E-state index contributed by atoms with van der Waals surface area (Å²) in [5.41, 5.74) is 2.13. The monoisotopic (exact) mass is 304 g/mol. The summed E-state index contributed by atoms with van der Waals surface area (Å²) in [4.78, 5) is 14.1. The fraction of sp³-hybridized carbons (Fsp3) is 0. The zero-order chi connectivity index (χ0) is 15.9. The molecule has 0 atom stereocenters. The molecule has 0 amide bonds. The fourth-order valence-electron chi connectivity index (χ4n) is 1.61. The predicted octanol–water partition coefficient (Wildman–Crippen LogP) is 2.72. The molecule has 2 aromatic rings. The van der Waals surface area contributed by atoms with Crippen molar-refractivity contribution in [3.8, 4) is 11.3 Å². The van der Waals surface area contributed by atoms with Crippen LogP contribution in [0.2, 0.25) is 0 Å². The Morgan fingerprint density at radius 1 is 0.952 bits per heavy atom. The highest BCUT2D eigenvalue weighted by Gasteiger charge is 2.28. The van der Waals surface area contributed by atoms with Crippen LogP contribution in [0.5, 0.6) is 0 Å². The highest BCUT2D eigenvalue weighted by atomic mass is 19.2. The SMILES string of the molecule is Nc1ccc(-c2c(F)c(F)c(F)c(F)c2F)nc1C(=O)O. The van der Waals surface area contributed by atoms with E-state index in [0.717, 1.165) is 12.1 Å². The maximum absolute atomic E-state index is 13.6. The Kier molecular flexibility index (Phi) is 3.50. The second kappa shape index (κ2) is 5.00. The van der Waals surface area contributed by atoms with E-state index < -0.39 is 52.0 Å². The molecule has 0 bridgehead atoms. The zero-order valence-corrected chi connectivity index (χ0v) is 9.92. The van der Waals surface area contributed by atoms with Gasteiger partial charge in [0.1, 0.15) is 0 Å². The highest BCUT2D eigenvalue weighted by Crippen LogP contribution is 2.31. The third-order valence-electron chi connectivity index (χ3n) is 2.59. The van der Waals surface area contributed by atoms with E-state index in [1.54, 1.807) is 0 Å². The summed E-state index contributed by atoms with van der Waals surface area (Å²) in [6.07, 6.45) is 0. The molecule has 0 saturated heterocycles. The summed E-state index contributed by atoms with van der Waals surface area (Å²) in [6.45, 7) is 0. The van der Waals surface area contributed by atoms with Crippen LogP contribution in [0.4, 0.5) is 27.6 Å². The van der Waals surface area contributed by atoms with E-state index in [-0.39, 0.29) is 5.69 Å². The maximum Gasteiger partial charge on any atom is 0.356 e. The number of aromatic carboxylic acids is 1. The Balaban J connectivity index is 2.80. The van der Waals surface area contributed by atoms with Gasteiger partial charge >= 0.3 is 5.97 Å². The molecule has 2 rings (SSSR count). The number of nitrogen functional groups attached to an aromatic ring is 1. The molecule has 0 unspecified atom stereocenters. The molecule has 0 aliphatic carbocycles. The molecule has 0 fully saturated rings. The van der Waals surface area contributed by atoms with Gasteiger partial charge < -0.3 is 10.8 Å². The number of carboxylic acids is 1. The second-order valence-electron chi connectivity index (χ2n) is 3.88. The van der Waals surface area contributed by atoms with Gasteiger partial charge in [-0.1, -0.05) is 0 Å². The van der Waals surface area contributed by atoms with Gasteiger partial charge in [-0.05, 0) is 12.1 Å². The Bertz CT molecular complexity index is 735. The van der Waals surface area contributed by atoms with E-state index in [1.165, 1.54) is 0 Å². The number of aromatic nitrogens is 1. The van der Waals surface area contributed by atoms with Crippen molar-refractivity contribution in [2.45, 2.75) is 0 Å². The van der Waals surface area contributed by atoms with Gasteiger partial charge in [-0.15, -0.1) is 0 Å². The Morgan fingerprint density at radius 2 is 1.43 bits per heavy atom. The predicted molar refractivity (Wildman–Crippen MR) is 60.8 cm³/mol. The van der Waals surface area contributed by atoms with Gasteiger partial charge in [-0.3, -0.25) is 0 Å². The molecule has 9 heteroatoms. The van der Waals surface area contributed by atoms with E-state index in [0.29, 0.717) is 0 Å². The van der Waals surface area contributed by atoms with Gasteiger partial charge in [0.15, 0.2) is 29.0 Å². The Labute approximate surface area is 113 Å². The molecule has 0 aliphatic heterocycles. The summed E-state index contributed by atoms with van der Waals surface area (Å²) in [5, 5.41) is 8.79. The van der Waals surface area contributed by atoms with Gasteiger partial charge in [0, 0.05) is 0 Å². The summed E-state index contributed by atoms with van der Waals surface area (Å²) in [5.74, 6) is -12.5. The van der Waals surface area contributed by atoms with Gasteiger partial charge in [-0.25, -0.2) is 31.7 Å². The number of carboxylic acid groups (broad SMARTS) is 1. The van der Waals surface area contributed by atoms with Crippen molar-refractivity contribution in [1.29, 1.82) is 0 Å². The van der Waals surface area contributed by atoms with Crippen molar-refractivity contribution >= 4 is 11.7 Å². The standard InChI is InChI=1S/C12H5F5N2O2/c13-6-5(7(14)9(16)10(17)8(6)15)4-2-1-3(18)11(19-4)12(20)21/h1-2H,18H2,(H,20,21). The smallest absolute Gasteiger partial charge is 0.356 e. The number of halogens is 5. The Hall–Kier alpha value is -2.71. The van der Waals surface area contributed by atoms with Crippen LogP contribution in [0, 0.1) is 29.1 Å². The number of rotatable bonds is 2. The molecule has 0 radical (unpaired) electrons. The molecular weight excluding hydrogens is 299 g/mol. The van der Waals surface area contributed by atoms with Crippen LogP contribution in [0.3, 0.4) is 0 Å². The van der Waals surface area contributed by atoms with Crippen LogP contribution in [0.1, 0.15) is 10.5 Å². The van der Waals surface area contributed by atoms with Crippen LogP contribution >= 0.6 is 0 Å². The normalized spacial score (nSPS) is 10.7. The van der Waals surface area contributed by atoms with E-state index in [1.807, 2.05) is 0 Å². The average Bonchev–Trinajstić information content (AvgIpc) is 2.44. The second-order valence-corrected chi connectivity index (χ2v) is 3.88. The largest absolute Gasteiger partial charge is 0.476 e. The lowest BCUT2D eigenvalue weighted by Crippen LogP contribution is -2.09. The number of carbonyl (C=O) groups is 1. The first-order chi connectivity index (χ1) is 9.75. The quantitative estimate of drug-likeness (QED) is 0.508. The fourth-order valence-corrected chi connectivity index (χ4v) is 1.61. The average molecular weight is 304 g/mol. The third kappa shape index (κ3) is 2.26. The molecule has 3 N–H and O–H groups in total. The summed E-state index contributed by atoms with van der Waals surface area (Å²) in [6, 6.07) is 1.78. The number of pyridine rings is 1. The van der Waals surface area contributed by atoms with Crippen molar-refractivity contribution in [2.75, 3.05) is 5.73 Å². The van der Waals surface area contributed by atoms with Crippen molar-refractivity contribution in [3.63, 3.8) is 0 Å². The minimum absolute atomic E-state index is 0.324. The minimum Gasteiger partial charge on any atom is -0.476 e. The van der Waals surface area contributed by atoms with Crippen LogP contribution in [-0.4, -0.2) is 16.1 Å². The minimum atomic E-state index is -2.32. The lowest BCUT2D eigenvalue weighted by atomic mass is 10.1. The van der Waals surface area contributed by atoms with Gasteiger partial charge in [0.2, 0.25) is 5.82 Å². The number of hydrogen-bond acceptors (Lipinski definition) is 3. The molecule has 0 spiro atoms. The van der Waals surface area contributed by atoms with Gasteiger partial charge in [0.05, 0.1) is 16.9 Å². The van der Waals surface area contributed by atoms with Gasteiger partial charge in [0.25, 0.3) is 0 Å². The maximum atomic E-state index is 13.6. The first-order valence-corrected chi connectivity index (χ1v) is 5.27. The molecule has 0 saturated carbocycles. The van der Waals surface area contributed by atoms with Crippen LogP contribution in [-0.2, 0) is 0 Å². The molecule has 110 valence electrons. The molecule has 1 aromatic carbocycles. The third-order valence-corrected chi connectivity index (χ3v) is 2.59. The van der Waals surface area contributed by atoms with E-state index >= 15 is 0 Å². The van der Waals surface area contributed by atoms with Crippen LogP contribution in [0.25, 0.3) is 11.3 Å². The number of anilines is 1. The summed E-state index contributed by atoms with van der Waals surface area (Å²) < 4.78 is 66.3. The number of nitrogens with zero attached hydrogens (tertiary/aromatic N) is 1. The van der Waals surface area contributed by atoms with Crippen molar-refractivity contribution in [3.05, 3.63) is 46.9 Å². The molecule has 21 heavy (non-hydrogen) atoms. The van der Waals surface area contributed by atoms with Gasteiger partial charge in [-0.2, -0.15) is 0 Å². The molecule has 1 aromatic heterocycles. The first kappa shape index (κ1) is 14.7. The molecule has 1 heterocycles. The zero-order valence-electron chi connectivity index (χ0n) is 9.92. The summed E-state index contributed by atoms with van der Waals surface area (Å²) >= 11 is 0. The lowest BCUT2D eigenvalue weighted by molar-refractivity contribution is 0.0692. The van der Waals surface area contributed by atoms with Crippen molar-refractivity contribution < 1.29 is 31.9 Å². The first-order valence-electron chi connectivity index (χ1n) is 5.27. The number of hydrogen-bond donors (Lipinski definition) is 2. The highest BCUT2D eigenvalue weighted by molar-refractivity contribution is 5.92. The van der Waals surface area contributed by atoms with E-state index in [4.69, 9.17) is 10.8 Å². The molecule has 4 nitrogen and oxygen atoms in total. The van der Waals surface area contributed by atoms with E-state index in [9.17, 15) is 26.7 Å². The lowest BCUT2D eigenvalue weighted by Gasteiger charge is -2.09. The molecule has 0 aliphatic rings. The summed E-state index contributed by atoms with van der Waals surface area (Å²) in [7, 11) is 0. The number of benzene rings is 1. The van der Waals surface area contributed by atoms with Crippen molar-refractivity contribution in [1.82, 2.24) is 4.98 Å². The van der Waals surface area contributed by atoms with Crippen LogP contribution in [0.15, 0.2) is 12.1 Å². The Morgan fingerprint density at radius 3 is 1.90 bits per heavy atom.